The van der Waals surface area contributed by atoms with E-state index < -0.39 is 5.82 Å². The molecule has 0 aliphatic rings. The van der Waals surface area contributed by atoms with Crippen molar-refractivity contribution in [2.45, 2.75) is 19.8 Å². The highest BCUT2D eigenvalue weighted by molar-refractivity contribution is 7.14. The van der Waals surface area contributed by atoms with Crippen molar-refractivity contribution >= 4 is 51.2 Å². The molecule has 3 N–H and O–H groups in total. The van der Waals surface area contributed by atoms with Crippen molar-refractivity contribution in [1.82, 2.24) is 10.3 Å². The van der Waals surface area contributed by atoms with Gasteiger partial charge in [-0.15, -0.1) is 22.7 Å². The van der Waals surface area contributed by atoms with Crippen LogP contribution in [0.3, 0.4) is 0 Å². The molecule has 0 spiro atoms. The topological polar surface area (TPSA) is 100 Å². The number of amides is 3. The smallest absolute Gasteiger partial charge is 0.261 e. The van der Waals surface area contributed by atoms with E-state index in [1.807, 2.05) is 5.38 Å². The van der Waals surface area contributed by atoms with E-state index in [0.29, 0.717) is 34.4 Å². The first kappa shape index (κ1) is 21.6. The first-order valence-electron chi connectivity index (χ1n) is 9.07. The number of halogens is 1. The predicted octanol–water partition coefficient (Wildman–Crippen LogP) is 4.12. The van der Waals surface area contributed by atoms with Gasteiger partial charge in [0, 0.05) is 36.5 Å². The summed E-state index contributed by atoms with van der Waals surface area (Å²) in [6.07, 6.45) is 0.708. The maximum absolute atomic E-state index is 14.3. The van der Waals surface area contributed by atoms with E-state index in [-0.39, 0.29) is 29.7 Å². The van der Waals surface area contributed by atoms with Gasteiger partial charge in [0.05, 0.1) is 10.6 Å². The summed E-state index contributed by atoms with van der Waals surface area (Å²) >= 11 is 2.55. The van der Waals surface area contributed by atoms with E-state index in [2.05, 4.69) is 20.9 Å². The van der Waals surface area contributed by atoms with Gasteiger partial charge in [-0.3, -0.25) is 14.4 Å². The molecule has 10 heteroatoms. The molecule has 0 atom stereocenters. The number of nitrogens with zero attached hydrogens (tertiary/aromatic N) is 1. The van der Waals surface area contributed by atoms with Crippen molar-refractivity contribution in [3.8, 4) is 11.3 Å². The fourth-order valence-corrected chi connectivity index (χ4v) is 3.95. The Labute approximate surface area is 180 Å². The SMILES string of the molecule is CC(=O)Nc1ccc(-c2csc(NC(=O)CCCNC(=O)c3cccs3)n2)c(F)c1. The van der Waals surface area contributed by atoms with E-state index in [1.165, 1.54) is 41.7 Å². The minimum absolute atomic E-state index is 0.151. The van der Waals surface area contributed by atoms with Crippen LogP contribution >= 0.6 is 22.7 Å². The van der Waals surface area contributed by atoms with Crippen molar-refractivity contribution in [3.05, 3.63) is 51.8 Å². The van der Waals surface area contributed by atoms with Gasteiger partial charge < -0.3 is 16.0 Å². The molecule has 0 radical (unpaired) electrons. The number of hydrogen-bond acceptors (Lipinski definition) is 6. The lowest BCUT2D eigenvalue weighted by Crippen LogP contribution is -2.24. The zero-order valence-electron chi connectivity index (χ0n) is 16.0. The molecule has 156 valence electrons. The lowest BCUT2D eigenvalue weighted by atomic mass is 10.1. The average molecular weight is 447 g/mol. The molecule has 3 rings (SSSR count). The molecule has 7 nitrogen and oxygen atoms in total. The molecular weight excluding hydrogens is 427 g/mol. The zero-order chi connectivity index (χ0) is 21.5. The van der Waals surface area contributed by atoms with E-state index in [9.17, 15) is 18.8 Å². The maximum atomic E-state index is 14.3. The van der Waals surface area contributed by atoms with Crippen molar-refractivity contribution in [3.63, 3.8) is 0 Å². The minimum atomic E-state index is -0.522. The van der Waals surface area contributed by atoms with Crippen molar-refractivity contribution < 1.29 is 18.8 Å². The normalized spacial score (nSPS) is 10.5. The van der Waals surface area contributed by atoms with Crippen LogP contribution in [0.2, 0.25) is 0 Å². The highest BCUT2D eigenvalue weighted by Gasteiger charge is 2.13. The highest BCUT2D eigenvalue weighted by atomic mass is 32.1. The second-order valence-electron chi connectivity index (χ2n) is 6.30. The molecule has 2 aromatic heterocycles. The van der Waals surface area contributed by atoms with Gasteiger partial charge in [0.1, 0.15) is 5.82 Å². The third-order valence-electron chi connectivity index (χ3n) is 3.93. The molecule has 30 heavy (non-hydrogen) atoms. The average Bonchev–Trinajstić information content (AvgIpc) is 3.37. The fourth-order valence-electron chi connectivity index (χ4n) is 2.59. The molecule has 0 fully saturated rings. The maximum Gasteiger partial charge on any atom is 0.261 e. The van der Waals surface area contributed by atoms with Gasteiger partial charge in [-0.25, -0.2) is 9.37 Å². The largest absolute Gasteiger partial charge is 0.351 e. The molecule has 2 heterocycles. The van der Waals surface area contributed by atoms with Crippen molar-refractivity contribution in [2.75, 3.05) is 17.2 Å². The van der Waals surface area contributed by atoms with Crippen LogP contribution in [0, 0.1) is 5.82 Å². The number of rotatable bonds is 8. The monoisotopic (exact) mass is 446 g/mol. The molecule has 0 aliphatic heterocycles. The van der Waals surface area contributed by atoms with Crippen molar-refractivity contribution in [2.24, 2.45) is 0 Å². The molecule has 1 aromatic carbocycles. The Morgan fingerprint density at radius 1 is 1.13 bits per heavy atom. The Balaban J connectivity index is 1.48. The van der Waals surface area contributed by atoms with Gasteiger partial charge in [0.2, 0.25) is 11.8 Å². The lowest BCUT2D eigenvalue weighted by Gasteiger charge is -2.05. The molecule has 3 aromatic rings. The molecule has 0 unspecified atom stereocenters. The van der Waals surface area contributed by atoms with Gasteiger partial charge >= 0.3 is 0 Å². The number of benzene rings is 1. The Morgan fingerprint density at radius 2 is 1.97 bits per heavy atom. The third-order valence-corrected chi connectivity index (χ3v) is 5.55. The first-order valence-corrected chi connectivity index (χ1v) is 10.8. The first-order chi connectivity index (χ1) is 14.4. The number of hydrogen-bond donors (Lipinski definition) is 3. The lowest BCUT2D eigenvalue weighted by molar-refractivity contribution is -0.116. The van der Waals surface area contributed by atoms with Gasteiger partial charge in [-0.05, 0) is 36.1 Å². The van der Waals surface area contributed by atoms with Crippen LogP contribution in [-0.4, -0.2) is 29.3 Å². The van der Waals surface area contributed by atoms with E-state index in [1.54, 1.807) is 23.6 Å². The quantitative estimate of drug-likeness (QED) is 0.453. The van der Waals surface area contributed by atoms with Crippen LogP contribution in [0.4, 0.5) is 15.2 Å². The number of carbonyl (C=O) groups is 3. The molecule has 0 bridgehead atoms. The Morgan fingerprint density at radius 3 is 2.67 bits per heavy atom. The highest BCUT2D eigenvalue weighted by Crippen LogP contribution is 2.28. The van der Waals surface area contributed by atoms with Crippen LogP contribution in [0.25, 0.3) is 11.3 Å². The number of aromatic nitrogens is 1. The Bertz CT molecular complexity index is 1050. The predicted molar refractivity (Wildman–Crippen MR) is 116 cm³/mol. The number of anilines is 2. The number of thiazole rings is 1. The summed E-state index contributed by atoms with van der Waals surface area (Å²) in [6.45, 7) is 1.73. The standard InChI is InChI=1S/C20H19FN4O3S2/c1-12(26)23-13-6-7-14(15(21)10-13)16-11-30-20(24-16)25-18(27)5-2-8-22-19(28)17-4-3-9-29-17/h3-4,6-7,9-11H,2,5,8H2,1H3,(H,22,28)(H,23,26)(H,24,25,27). The molecule has 3 amide bonds. The minimum Gasteiger partial charge on any atom is -0.351 e. The second kappa shape index (κ2) is 10.1. The van der Waals surface area contributed by atoms with E-state index >= 15 is 0 Å². The molecular formula is C20H19FN4O3S2. The summed E-state index contributed by atoms with van der Waals surface area (Å²) in [5, 5.41) is 11.8. The zero-order valence-corrected chi connectivity index (χ0v) is 17.7. The van der Waals surface area contributed by atoms with Crippen LogP contribution in [0.5, 0.6) is 0 Å². The summed E-state index contributed by atoms with van der Waals surface area (Å²) in [7, 11) is 0. The van der Waals surface area contributed by atoms with E-state index in [4.69, 9.17) is 0 Å². The molecule has 0 saturated carbocycles. The summed E-state index contributed by atoms with van der Waals surface area (Å²) in [5.41, 5.74) is 1.03. The van der Waals surface area contributed by atoms with Gasteiger partial charge in [-0.1, -0.05) is 6.07 Å². The summed E-state index contributed by atoms with van der Waals surface area (Å²) in [6, 6.07) is 7.87. The van der Waals surface area contributed by atoms with Crippen molar-refractivity contribution in [1.29, 1.82) is 0 Å². The molecule has 0 aliphatic carbocycles. The summed E-state index contributed by atoms with van der Waals surface area (Å²) < 4.78 is 14.3. The number of nitrogens with one attached hydrogen (secondary N) is 3. The van der Waals surface area contributed by atoms with Gasteiger partial charge in [0.15, 0.2) is 5.13 Å². The van der Waals surface area contributed by atoms with Crippen LogP contribution < -0.4 is 16.0 Å². The Kier molecular flexibility index (Phi) is 7.26. The van der Waals surface area contributed by atoms with Crippen LogP contribution in [0.1, 0.15) is 29.4 Å². The third kappa shape index (κ3) is 5.94. The van der Waals surface area contributed by atoms with Gasteiger partial charge in [-0.2, -0.15) is 0 Å². The van der Waals surface area contributed by atoms with Gasteiger partial charge in [0.25, 0.3) is 5.91 Å². The summed E-state index contributed by atoms with van der Waals surface area (Å²) in [5.74, 6) is -1.19. The molecule has 0 saturated heterocycles. The Hall–Kier alpha value is -3.11. The van der Waals surface area contributed by atoms with Crippen LogP contribution in [-0.2, 0) is 9.59 Å². The number of thiophene rings is 1. The second-order valence-corrected chi connectivity index (χ2v) is 8.10. The van der Waals surface area contributed by atoms with E-state index in [0.717, 1.165) is 0 Å². The van der Waals surface area contributed by atoms with Crippen LogP contribution in [0.15, 0.2) is 41.1 Å². The number of carbonyl (C=O) groups excluding carboxylic acids is 3. The summed E-state index contributed by atoms with van der Waals surface area (Å²) in [4.78, 5) is 39.8. The fraction of sp³-hybridized carbons (Fsp3) is 0.200.